The van der Waals surface area contributed by atoms with Gasteiger partial charge in [0.25, 0.3) is 0 Å². The second kappa shape index (κ2) is 9.91. The Morgan fingerprint density at radius 3 is 2.70 bits per heavy atom. The topological polar surface area (TPSA) is 50.7 Å². The lowest BCUT2D eigenvalue weighted by Gasteiger charge is -2.16. The second-order valence-corrected chi connectivity index (χ2v) is 5.51. The highest BCUT2D eigenvalue weighted by Gasteiger charge is 2.14. The molecule has 0 fully saturated rings. The molecule has 114 valence electrons. The Hall–Kier alpha value is -0.910. The third-order valence-corrected chi connectivity index (χ3v) is 3.78. The summed E-state index contributed by atoms with van der Waals surface area (Å²) < 4.78 is 10.5. The molecule has 0 heterocycles. The number of unbranched alkanes of at least 4 members (excludes halogenated alkanes) is 1. The fourth-order valence-corrected chi connectivity index (χ4v) is 2.44. The molecule has 1 aromatic carbocycles. The summed E-state index contributed by atoms with van der Waals surface area (Å²) in [7, 11) is 3.22. The Morgan fingerprint density at radius 2 is 2.05 bits per heavy atom. The number of nitrogens with one attached hydrogen (secondary N) is 1. The molecule has 0 aliphatic carbocycles. The molecule has 0 saturated carbocycles. The molecule has 0 bridgehead atoms. The first-order chi connectivity index (χ1) is 9.72. The molecule has 1 atom stereocenters. The molecule has 5 heteroatoms. The molecule has 1 unspecified atom stereocenters. The van der Waals surface area contributed by atoms with Gasteiger partial charge in [-0.1, -0.05) is 0 Å². The van der Waals surface area contributed by atoms with Crippen LogP contribution in [0.1, 0.15) is 24.5 Å². The van der Waals surface area contributed by atoms with Crippen molar-refractivity contribution in [1.29, 1.82) is 0 Å². The number of thioether (sulfide) groups is 1. The second-order valence-electron chi connectivity index (χ2n) is 4.53. The van der Waals surface area contributed by atoms with Crippen molar-refractivity contribution < 1.29 is 14.6 Å². The van der Waals surface area contributed by atoms with Crippen LogP contribution in [0.25, 0.3) is 0 Å². The van der Waals surface area contributed by atoms with E-state index >= 15 is 0 Å². The minimum absolute atomic E-state index is 0.517. The predicted octanol–water partition coefficient (Wildman–Crippen LogP) is 2.47. The standard InChI is InChI=1S/C15H25NO3S/c1-18-12-6-7-15(19-2)13(10-12)14(17)11-16-8-4-5-9-20-3/h6-7,10,14,16-17H,4-5,8-9,11H2,1-3H3. The molecule has 1 rings (SSSR count). The lowest BCUT2D eigenvalue weighted by molar-refractivity contribution is 0.170. The number of aliphatic hydroxyl groups is 1. The largest absolute Gasteiger partial charge is 0.497 e. The molecule has 0 aliphatic rings. The van der Waals surface area contributed by atoms with Crippen molar-refractivity contribution in [3.8, 4) is 11.5 Å². The minimum atomic E-state index is -0.597. The van der Waals surface area contributed by atoms with E-state index in [0.29, 0.717) is 12.3 Å². The van der Waals surface area contributed by atoms with Crippen molar-refractivity contribution in [1.82, 2.24) is 5.32 Å². The monoisotopic (exact) mass is 299 g/mol. The van der Waals surface area contributed by atoms with Crippen LogP contribution in [0, 0.1) is 0 Å². The molecule has 0 radical (unpaired) electrons. The van der Waals surface area contributed by atoms with E-state index in [4.69, 9.17) is 9.47 Å². The summed E-state index contributed by atoms with van der Waals surface area (Å²) in [5, 5.41) is 13.5. The van der Waals surface area contributed by atoms with E-state index in [9.17, 15) is 5.11 Å². The number of hydrogen-bond acceptors (Lipinski definition) is 5. The van der Waals surface area contributed by atoms with Gasteiger partial charge >= 0.3 is 0 Å². The van der Waals surface area contributed by atoms with E-state index in [2.05, 4.69) is 11.6 Å². The lowest BCUT2D eigenvalue weighted by atomic mass is 10.1. The molecule has 20 heavy (non-hydrogen) atoms. The first kappa shape index (κ1) is 17.1. The van der Waals surface area contributed by atoms with Gasteiger partial charge in [0.15, 0.2) is 0 Å². The lowest BCUT2D eigenvalue weighted by Crippen LogP contribution is -2.23. The van der Waals surface area contributed by atoms with Gasteiger partial charge in [-0.15, -0.1) is 0 Å². The quantitative estimate of drug-likeness (QED) is 0.650. The Bertz CT molecular complexity index is 387. The van der Waals surface area contributed by atoms with Crippen molar-refractivity contribution in [3.05, 3.63) is 23.8 Å². The molecular weight excluding hydrogens is 274 g/mol. The summed E-state index contributed by atoms with van der Waals surface area (Å²) in [5.74, 6) is 2.59. The van der Waals surface area contributed by atoms with Crippen molar-refractivity contribution >= 4 is 11.8 Å². The summed E-state index contributed by atoms with van der Waals surface area (Å²) >= 11 is 1.86. The Balaban J connectivity index is 2.47. The van der Waals surface area contributed by atoms with Crippen LogP contribution in [-0.2, 0) is 0 Å². The third-order valence-electron chi connectivity index (χ3n) is 3.09. The van der Waals surface area contributed by atoms with E-state index in [0.717, 1.165) is 24.3 Å². The predicted molar refractivity (Wildman–Crippen MR) is 85.0 cm³/mol. The SMILES string of the molecule is COc1ccc(OC)c(C(O)CNCCCCSC)c1. The number of aliphatic hydroxyl groups excluding tert-OH is 1. The van der Waals surface area contributed by atoms with Gasteiger partial charge in [0.05, 0.1) is 20.3 Å². The minimum Gasteiger partial charge on any atom is -0.497 e. The molecule has 0 spiro atoms. The Labute approximate surface area is 125 Å². The van der Waals surface area contributed by atoms with E-state index < -0.39 is 6.10 Å². The van der Waals surface area contributed by atoms with Crippen molar-refractivity contribution in [2.24, 2.45) is 0 Å². The maximum Gasteiger partial charge on any atom is 0.124 e. The van der Waals surface area contributed by atoms with Crippen molar-refractivity contribution in [2.45, 2.75) is 18.9 Å². The smallest absolute Gasteiger partial charge is 0.124 e. The number of rotatable bonds is 10. The van der Waals surface area contributed by atoms with Crippen LogP contribution in [0.4, 0.5) is 0 Å². The Morgan fingerprint density at radius 1 is 1.25 bits per heavy atom. The summed E-state index contributed by atoms with van der Waals surface area (Å²) in [6, 6.07) is 5.46. The highest BCUT2D eigenvalue weighted by Crippen LogP contribution is 2.28. The third kappa shape index (κ3) is 5.61. The van der Waals surface area contributed by atoms with E-state index in [1.807, 2.05) is 30.0 Å². The molecule has 0 saturated heterocycles. The van der Waals surface area contributed by atoms with Gasteiger partial charge in [0.1, 0.15) is 11.5 Å². The maximum absolute atomic E-state index is 10.3. The van der Waals surface area contributed by atoms with Crippen LogP contribution >= 0.6 is 11.8 Å². The van der Waals surface area contributed by atoms with E-state index in [1.165, 1.54) is 12.2 Å². The average Bonchev–Trinajstić information content (AvgIpc) is 2.49. The highest BCUT2D eigenvalue weighted by atomic mass is 32.2. The van der Waals surface area contributed by atoms with Gasteiger partial charge in [-0.3, -0.25) is 0 Å². The fraction of sp³-hybridized carbons (Fsp3) is 0.600. The van der Waals surface area contributed by atoms with Gasteiger partial charge in [0.2, 0.25) is 0 Å². The number of methoxy groups -OCH3 is 2. The molecule has 1 aromatic rings. The fourth-order valence-electron chi connectivity index (χ4n) is 1.94. The van der Waals surface area contributed by atoms with Crippen LogP contribution < -0.4 is 14.8 Å². The average molecular weight is 299 g/mol. The summed E-state index contributed by atoms with van der Waals surface area (Å²) in [5.41, 5.74) is 0.753. The van der Waals surface area contributed by atoms with Crippen molar-refractivity contribution in [2.75, 3.05) is 39.3 Å². The Kier molecular flexibility index (Phi) is 8.49. The highest BCUT2D eigenvalue weighted by molar-refractivity contribution is 7.98. The van der Waals surface area contributed by atoms with Gasteiger partial charge < -0.3 is 19.9 Å². The maximum atomic E-state index is 10.3. The van der Waals surface area contributed by atoms with E-state index in [-0.39, 0.29) is 0 Å². The number of hydrogen-bond donors (Lipinski definition) is 2. The molecular formula is C15H25NO3S. The molecule has 0 amide bonds. The molecule has 2 N–H and O–H groups in total. The van der Waals surface area contributed by atoms with E-state index in [1.54, 1.807) is 14.2 Å². The van der Waals surface area contributed by atoms with Crippen LogP contribution in [0.2, 0.25) is 0 Å². The van der Waals surface area contributed by atoms with Gasteiger partial charge in [-0.2, -0.15) is 11.8 Å². The van der Waals surface area contributed by atoms with Crippen molar-refractivity contribution in [3.63, 3.8) is 0 Å². The van der Waals surface area contributed by atoms with Crippen LogP contribution in [-0.4, -0.2) is 44.4 Å². The zero-order chi connectivity index (χ0) is 14.8. The first-order valence-corrected chi connectivity index (χ1v) is 8.22. The number of ether oxygens (including phenoxy) is 2. The van der Waals surface area contributed by atoms with Gasteiger partial charge in [0, 0.05) is 12.1 Å². The zero-order valence-electron chi connectivity index (χ0n) is 12.5. The molecule has 0 aromatic heterocycles. The van der Waals surface area contributed by atoms with Gasteiger partial charge in [-0.25, -0.2) is 0 Å². The number of benzene rings is 1. The summed E-state index contributed by atoms with van der Waals surface area (Å²) in [6.45, 7) is 1.44. The molecule has 0 aliphatic heterocycles. The first-order valence-electron chi connectivity index (χ1n) is 6.82. The summed E-state index contributed by atoms with van der Waals surface area (Å²) in [4.78, 5) is 0. The zero-order valence-corrected chi connectivity index (χ0v) is 13.3. The van der Waals surface area contributed by atoms with Gasteiger partial charge in [-0.05, 0) is 49.6 Å². The summed E-state index contributed by atoms with van der Waals surface area (Å²) in [6.07, 6.45) is 3.85. The van der Waals surface area contributed by atoms with Crippen LogP contribution in [0.3, 0.4) is 0 Å². The van der Waals surface area contributed by atoms with Crippen LogP contribution in [0.5, 0.6) is 11.5 Å². The van der Waals surface area contributed by atoms with Crippen LogP contribution in [0.15, 0.2) is 18.2 Å². The molecule has 4 nitrogen and oxygen atoms in total. The normalized spacial score (nSPS) is 12.2.